The lowest BCUT2D eigenvalue weighted by Gasteiger charge is -2.35. The lowest BCUT2D eigenvalue weighted by Crippen LogP contribution is -2.52. The highest BCUT2D eigenvalue weighted by Gasteiger charge is 2.41. The number of rotatable bonds is 2. The molecule has 3 aliphatic heterocycles. The second-order valence-corrected chi connectivity index (χ2v) is 7.50. The minimum absolute atomic E-state index is 0.139. The molecule has 2 bridgehead atoms. The number of hydrogen-bond acceptors (Lipinski definition) is 4. The SMILES string of the molecule is O=S(=O)(C1CCCNC1)N1CC2CCC(C1)O2. The van der Waals surface area contributed by atoms with E-state index in [1.54, 1.807) is 4.31 Å². The number of ether oxygens (including phenoxy) is 1. The molecule has 3 atom stereocenters. The Labute approximate surface area is 103 Å². The Hall–Kier alpha value is -0.170. The zero-order valence-corrected chi connectivity index (χ0v) is 10.8. The summed E-state index contributed by atoms with van der Waals surface area (Å²) in [4.78, 5) is 0. The number of fused-ring (bicyclic) bond motifs is 2. The Morgan fingerprint density at radius 2 is 1.82 bits per heavy atom. The van der Waals surface area contributed by atoms with Gasteiger partial charge in [-0.1, -0.05) is 0 Å². The van der Waals surface area contributed by atoms with Crippen LogP contribution in [0.2, 0.25) is 0 Å². The van der Waals surface area contributed by atoms with Crippen molar-refractivity contribution in [3.05, 3.63) is 0 Å². The normalized spacial score (nSPS) is 39.4. The molecule has 5 nitrogen and oxygen atoms in total. The van der Waals surface area contributed by atoms with Crippen LogP contribution in [0.4, 0.5) is 0 Å². The van der Waals surface area contributed by atoms with Gasteiger partial charge in [0.15, 0.2) is 0 Å². The largest absolute Gasteiger partial charge is 0.372 e. The predicted octanol–water partition coefficient (Wildman–Crippen LogP) is -0.0686. The molecule has 0 amide bonds. The second-order valence-electron chi connectivity index (χ2n) is 5.29. The van der Waals surface area contributed by atoms with Gasteiger partial charge in [0.2, 0.25) is 10.0 Å². The van der Waals surface area contributed by atoms with Gasteiger partial charge in [0.1, 0.15) is 0 Å². The lowest BCUT2D eigenvalue weighted by molar-refractivity contribution is -0.0118. The highest BCUT2D eigenvalue weighted by Crippen LogP contribution is 2.29. The van der Waals surface area contributed by atoms with Gasteiger partial charge < -0.3 is 10.1 Å². The van der Waals surface area contributed by atoms with Crippen LogP contribution in [0.25, 0.3) is 0 Å². The average molecular weight is 260 g/mol. The predicted molar refractivity (Wildman–Crippen MR) is 64.3 cm³/mol. The highest BCUT2D eigenvalue weighted by atomic mass is 32.2. The molecule has 0 saturated carbocycles. The minimum atomic E-state index is -3.12. The van der Waals surface area contributed by atoms with Gasteiger partial charge in [0.05, 0.1) is 17.5 Å². The Balaban J connectivity index is 1.73. The maximum absolute atomic E-state index is 12.5. The monoisotopic (exact) mass is 260 g/mol. The quantitative estimate of drug-likeness (QED) is 0.755. The molecule has 0 aromatic carbocycles. The van der Waals surface area contributed by atoms with E-state index in [0.29, 0.717) is 19.6 Å². The molecule has 17 heavy (non-hydrogen) atoms. The first-order valence-corrected chi connectivity index (χ1v) is 8.02. The fraction of sp³-hybridized carbons (Fsp3) is 1.00. The van der Waals surface area contributed by atoms with Crippen LogP contribution in [0, 0.1) is 0 Å². The molecular weight excluding hydrogens is 240 g/mol. The van der Waals surface area contributed by atoms with Crippen molar-refractivity contribution in [2.75, 3.05) is 26.2 Å². The molecule has 0 spiro atoms. The molecule has 3 saturated heterocycles. The van der Waals surface area contributed by atoms with Crippen molar-refractivity contribution >= 4 is 10.0 Å². The molecule has 98 valence electrons. The molecule has 0 radical (unpaired) electrons. The molecule has 0 aliphatic carbocycles. The summed E-state index contributed by atoms with van der Waals surface area (Å²) in [7, 11) is -3.12. The molecule has 0 aromatic rings. The van der Waals surface area contributed by atoms with Crippen molar-refractivity contribution in [3.63, 3.8) is 0 Å². The first kappa shape index (κ1) is 11.9. The van der Waals surface area contributed by atoms with Gasteiger partial charge in [-0.2, -0.15) is 4.31 Å². The Morgan fingerprint density at radius 3 is 2.41 bits per heavy atom. The molecule has 3 fully saturated rings. The number of nitrogens with one attached hydrogen (secondary N) is 1. The summed E-state index contributed by atoms with van der Waals surface area (Å²) >= 11 is 0. The summed E-state index contributed by atoms with van der Waals surface area (Å²) in [6.07, 6.45) is 4.06. The Morgan fingerprint density at radius 1 is 1.12 bits per heavy atom. The van der Waals surface area contributed by atoms with E-state index in [9.17, 15) is 8.42 Å². The van der Waals surface area contributed by atoms with Gasteiger partial charge in [-0.15, -0.1) is 0 Å². The van der Waals surface area contributed by atoms with Crippen LogP contribution in [0.5, 0.6) is 0 Å². The molecule has 3 unspecified atom stereocenters. The third-order valence-electron chi connectivity index (χ3n) is 4.04. The van der Waals surface area contributed by atoms with E-state index in [-0.39, 0.29) is 17.5 Å². The van der Waals surface area contributed by atoms with E-state index in [0.717, 1.165) is 32.2 Å². The van der Waals surface area contributed by atoms with Crippen LogP contribution in [-0.4, -0.2) is 56.4 Å². The zero-order chi connectivity index (χ0) is 11.9. The van der Waals surface area contributed by atoms with Crippen LogP contribution in [0.1, 0.15) is 25.7 Å². The van der Waals surface area contributed by atoms with Gasteiger partial charge in [-0.05, 0) is 32.2 Å². The molecule has 1 N–H and O–H groups in total. The Kier molecular flexibility index (Phi) is 3.15. The van der Waals surface area contributed by atoms with Crippen LogP contribution in [-0.2, 0) is 14.8 Å². The molecule has 3 aliphatic rings. The van der Waals surface area contributed by atoms with Gasteiger partial charge in [-0.25, -0.2) is 8.42 Å². The number of piperidine rings is 1. The lowest BCUT2D eigenvalue weighted by atomic mass is 10.2. The molecular formula is C11H20N2O3S. The van der Waals surface area contributed by atoms with Crippen LogP contribution < -0.4 is 5.32 Å². The average Bonchev–Trinajstić information content (AvgIpc) is 2.69. The summed E-state index contributed by atoms with van der Waals surface area (Å²) in [5.41, 5.74) is 0. The van der Waals surface area contributed by atoms with Crippen molar-refractivity contribution in [2.45, 2.75) is 43.1 Å². The van der Waals surface area contributed by atoms with Crippen molar-refractivity contribution in [2.24, 2.45) is 0 Å². The number of nitrogens with zero attached hydrogens (tertiary/aromatic N) is 1. The summed E-state index contributed by atoms with van der Waals surface area (Å²) in [6, 6.07) is 0. The topological polar surface area (TPSA) is 58.6 Å². The van der Waals surface area contributed by atoms with E-state index in [1.165, 1.54) is 0 Å². The third-order valence-corrected chi connectivity index (χ3v) is 6.31. The van der Waals surface area contributed by atoms with E-state index in [4.69, 9.17) is 4.74 Å². The third kappa shape index (κ3) is 2.23. The van der Waals surface area contributed by atoms with Crippen LogP contribution in [0.15, 0.2) is 0 Å². The van der Waals surface area contributed by atoms with Crippen molar-refractivity contribution in [1.29, 1.82) is 0 Å². The first-order valence-electron chi connectivity index (χ1n) is 6.51. The fourth-order valence-corrected chi connectivity index (χ4v) is 5.03. The summed E-state index contributed by atoms with van der Waals surface area (Å²) in [5, 5.41) is 2.95. The first-order chi connectivity index (χ1) is 8.16. The van der Waals surface area contributed by atoms with Crippen molar-refractivity contribution in [3.8, 4) is 0 Å². The van der Waals surface area contributed by atoms with Crippen molar-refractivity contribution < 1.29 is 13.2 Å². The second kappa shape index (κ2) is 4.50. The molecule has 6 heteroatoms. The summed E-state index contributed by atoms with van der Waals surface area (Å²) in [6.45, 7) is 2.68. The number of hydrogen-bond donors (Lipinski definition) is 1. The fourth-order valence-electron chi connectivity index (χ4n) is 3.07. The maximum Gasteiger partial charge on any atom is 0.218 e. The van der Waals surface area contributed by atoms with E-state index >= 15 is 0 Å². The van der Waals surface area contributed by atoms with Crippen molar-refractivity contribution in [1.82, 2.24) is 9.62 Å². The van der Waals surface area contributed by atoms with Gasteiger partial charge in [-0.3, -0.25) is 0 Å². The van der Waals surface area contributed by atoms with Gasteiger partial charge in [0, 0.05) is 19.6 Å². The van der Waals surface area contributed by atoms with Gasteiger partial charge in [0.25, 0.3) is 0 Å². The van der Waals surface area contributed by atoms with Crippen LogP contribution in [0.3, 0.4) is 0 Å². The minimum Gasteiger partial charge on any atom is -0.372 e. The Bertz CT molecular complexity index is 366. The molecule has 0 aromatic heterocycles. The molecule has 3 rings (SSSR count). The smallest absolute Gasteiger partial charge is 0.218 e. The summed E-state index contributed by atoms with van der Waals surface area (Å²) < 4.78 is 32.3. The maximum atomic E-state index is 12.5. The number of morpholine rings is 1. The van der Waals surface area contributed by atoms with E-state index in [2.05, 4.69) is 5.32 Å². The van der Waals surface area contributed by atoms with Crippen LogP contribution >= 0.6 is 0 Å². The van der Waals surface area contributed by atoms with Gasteiger partial charge >= 0.3 is 0 Å². The number of sulfonamides is 1. The van der Waals surface area contributed by atoms with E-state index < -0.39 is 10.0 Å². The van der Waals surface area contributed by atoms with E-state index in [1.807, 2.05) is 0 Å². The summed E-state index contributed by atoms with van der Waals surface area (Å²) in [5.74, 6) is 0. The molecule has 3 heterocycles. The standard InChI is InChI=1S/C11H20N2O3S/c14-17(15,11-2-1-5-12-6-11)13-7-9-3-4-10(8-13)16-9/h9-12H,1-8H2. The zero-order valence-electron chi connectivity index (χ0n) is 9.97. The highest BCUT2D eigenvalue weighted by molar-refractivity contribution is 7.89.